The molecule has 0 saturated carbocycles. The van der Waals surface area contributed by atoms with Crippen LogP contribution < -0.4 is 14.8 Å². The van der Waals surface area contributed by atoms with Crippen LogP contribution in [-0.2, 0) is 16.0 Å². The number of hydrogen-bond acceptors (Lipinski definition) is 7. The number of pyridine rings is 1. The van der Waals surface area contributed by atoms with E-state index in [2.05, 4.69) is 22.2 Å². The van der Waals surface area contributed by atoms with Gasteiger partial charge in [-0.2, -0.15) is 0 Å². The van der Waals surface area contributed by atoms with Crippen molar-refractivity contribution in [2.45, 2.75) is 25.4 Å². The molecule has 1 aliphatic rings. The summed E-state index contributed by atoms with van der Waals surface area (Å²) in [6.07, 6.45) is 3.74. The molecule has 8 heteroatoms. The van der Waals surface area contributed by atoms with Gasteiger partial charge in [-0.3, -0.25) is 9.69 Å². The molecule has 32 heavy (non-hydrogen) atoms. The molecule has 3 rings (SSSR count). The molecule has 1 amide bonds. The summed E-state index contributed by atoms with van der Waals surface area (Å²) in [5.41, 5.74) is 1.35. The van der Waals surface area contributed by atoms with E-state index >= 15 is 0 Å². The van der Waals surface area contributed by atoms with Gasteiger partial charge in [-0.1, -0.05) is 12.1 Å². The van der Waals surface area contributed by atoms with Crippen molar-refractivity contribution in [3.63, 3.8) is 0 Å². The molecule has 0 atom stereocenters. The maximum Gasteiger partial charge on any atom is 0.257 e. The number of rotatable bonds is 12. The maximum atomic E-state index is 12.6. The molecule has 1 aromatic carbocycles. The highest BCUT2D eigenvalue weighted by molar-refractivity contribution is 5.96. The smallest absolute Gasteiger partial charge is 0.257 e. The van der Waals surface area contributed by atoms with Crippen LogP contribution in [-0.4, -0.2) is 75.6 Å². The van der Waals surface area contributed by atoms with E-state index < -0.39 is 0 Å². The van der Waals surface area contributed by atoms with Gasteiger partial charge in [-0.25, -0.2) is 4.98 Å². The van der Waals surface area contributed by atoms with Crippen LogP contribution >= 0.6 is 0 Å². The number of nitrogens with one attached hydrogen (secondary N) is 1. The number of hydrogen-bond donors (Lipinski definition) is 1. The Morgan fingerprint density at radius 1 is 1.16 bits per heavy atom. The number of amides is 1. The van der Waals surface area contributed by atoms with Crippen LogP contribution in [0.2, 0.25) is 0 Å². The van der Waals surface area contributed by atoms with Gasteiger partial charge in [-0.15, -0.1) is 0 Å². The minimum absolute atomic E-state index is 0.241. The van der Waals surface area contributed by atoms with Crippen LogP contribution in [0.15, 0.2) is 42.6 Å². The predicted molar refractivity (Wildman–Crippen MR) is 121 cm³/mol. The molecular weight excluding hydrogens is 410 g/mol. The highest BCUT2D eigenvalue weighted by Gasteiger charge is 2.18. The van der Waals surface area contributed by atoms with Crippen LogP contribution in [0.4, 0.5) is 0 Å². The van der Waals surface area contributed by atoms with E-state index in [-0.39, 0.29) is 5.91 Å². The Balaban J connectivity index is 1.47. The first-order valence-electron chi connectivity index (χ1n) is 11.0. The molecule has 1 fully saturated rings. The molecular formula is C24H33N3O5. The van der Waals surface area contributed by atoms with Crippen LogP contribution in [0.5, 0.6) is 11.6 Å². The molecule has 0 aliphatic carbocycles. The van der Waals surface area contributed by atoms with Crippen LogP contribution in [0, 0.1) is 0 Å². The Hall–Kier alpha value is -2.68. The van der Waals surface area contributed by atoms with Gasteiger partial charge in [0.05, 0.1) is 6.61 Å². The second-order valence-corrected chi connectivity index (χ2v) is 7.70. The van der Waals surface area contributed by atoms with Gasteiger partial charge in [0, 0.05) is 45.7 Å². The fourth-order valence-electron chi connectivity index (χ4n) is 3.54. The van der Waals surface area contributed by atoms with E-state index in [1.807, 2.05) is 24.3 Å². The van der Waals surface area contributed by atoms with Crippen LogP contribution in [0.3, 0.4) is 0 Å². The molecule has 2 heterocycles. The summed E-state index contributed by atoms with van der Waals surface area (Å²) in [7, 11) is 3.73. The normalized spacial score (nSPS) is 14.3. The predicted octanol–water partition coefficient (Wildman–Crippen LogP) is 2.53. The van der Waals surface area contributed by atoms with E-state index in [9.17, 15) is 4.79 Å². The number of nitrogens with zero attached hydrogens (tertiary/aromatic N) is 2. The average molecular weight is 444 g/mol. The maximum absolute atomic E-state index is 12.6. The Bertz CT molecular complexity index is 842. The average Bonchev–Trinajstić information content (AvgIpc) is 2.84. The minimum Gasteiger partial charge on any atom is -0.492 e. The van der Waals surface area contributed by atoms with Gasteiger partial charge in [0.2, 0.25) is 5.88 Å². The molecule has 0 unspecified atom stereocenters. The fourth-order valence-corrected chi connectivity index (χ4v) is 3.54. The third-order valence-electron chi connectivity index (χ3n) is 5.42. The summed E-state index contributed by atoms with van der Waals surface area (Å²) in [4.78, 5) is 19.1. The number of carbonyl (C=O) groups is 1. The van der Waals surface area contributed by atoms with E-state index in [1.54, 1.807) is 25.4 Å². The summed E-state index contributed by atoms with van der Waals surface area (Å²) in [5, 5.41) is 2.92. The summed E-state index contributed by atoms with van der Waals surface area (Å²) >= 11 is 0. The number of carbonyl (C=O) groups excluding carboxylic acids is 1. The lowest BCUT2D eigenvalue weighted by molar-refractivity contribution is 0.0392. The highest BCUT2D eigenvalue weighted by atomic mass is 16.5. The van der Waals surface area contributed by atoms with Crippen molar-refractivity contribution in [3.05, 3.63) is 53.7 Å². The van der Waals surface area contributed by atoms with Gasteiger partial charge >= 0.3 is 0 Å². The standard InChI is InChI=1S/C24H33N3O5/c1-27(20-8-12-30-13-9-20)11-14-31-21-6-3-5-19(17-21)18-26-23(28)22-7-4-10-25-24(22)32-16-15-29-2/h3-7,10,17,20H,8-9,11-16,18H2,1-2H3,(H,26,28). The zero-order valence-electron chi connectivity index (χ0n) is 18.9. The zero-order valence-corrected chi connectivity index (χ0v) is 18.9. The van der Waals surface area contributed by atoms with E-state index in [0.717, 1.165) is 43.9 Å². The first-order valence-corrected chi connectivity index (χ1v) is 11.0. The van der Waals surface area contributed by atoms with E-state index in [0.29, 0.717) is 43.9 Å². The van der Waals surface area contributed by atoms with Crippen molar-refractivity contribution in [3.8, 4) is 11.6 Å². The van der Waals surface area contributed by atoms with Crippen molar-refractivity contribution < 1.29 is 23.7 Å². The largest absolute Gasteiger partial charge is 0.492 e. The van der Waals surface area contributed by atoms with Crippen molar-refractivity contribution in [1.29, 1.82) is 0 Å². The zero-order chi connectivity index (χ0) is 22.6. The molecule has 0 bridgehead atoms. The Morgan fingerprint density at radius 2 is 2.00 bits per heavy atom. The quantitative estimate of drug-likeness (QED) is 0.505. The summed E-state index contributed by atoms with van der Waals surface area (Å²) < 4.78 is 21.9. The van der Waals surface area contributed by atoms with Gasteiger partial charge in [0.25, 0.3) is 5.91 Å². The van der Waals surface area contributed by atoms with Crippen molar-refractivity contribution in [1.82, 2.24) is 15.2 Å². The molecule has 1 saturated heterocycles. The monoisotopic (exact) mass is 443 g/mol. The molecule has 1 aliphatic heterocycles. The second kappa shape index (κ2) is 13.0. The van der Waals surface area contributed by atoms with Crippen LogP contribution in [0.1, 0.15) is 28.8 Å². The fraction of sp³-hybridized carbons (Fsp3) is 0.500. The Morgan fingerprint density at radius 3 is 2.81 bits per heavy atom. The van der Waals surface area contributed by atoms with Crippen molar-refractivity contribution >= 4 is 5.91 Å². The lowest BCUT2D eigenvalue weighted by Gasteiger charge is -2.31. The SMILES string of the molecule is COCCOc1ncccc1C(=O)NCc1cccc(OCCN(C)C2CCOCC2)c1. The molecule has 1 aromatic heterocycles. The van der Waals surface area contributed by atoms with Gasteiger partial charge in [-0.05, 0) is 49.7 Å². The van der Waals surface area contributed by atoms with Crippen LogP contribution in [0.25, 0.3) is 0 Å². The van der Waals surface area contributed by atoms with E-state index in [4.69, 9.17) is 18.9 Å². The van der Waals surface area contributed by atoms with Crippen molar-refractivity contribution in [2.75, 3.05) is 53.7 Å². The third kappa shape index (κ3) is 7.47. The second-order valence-electron chi connectivity index (χ2n) is 7.70. The number of benzene rings is 1. The number of aromatic nitrogens is 1. The number of likely N-dealkylation sites (N-methyl/N-ethyl adjacent to an activating group) is 1. The first kappa shape index (κ1) is 24.0. The van der Waals surface area contributed by atoms with Gasteiger partial charge < -0.3 is 24.3 Å². The molecule has 2 aromatic rings. The number of ether oxygens (including phenoxy) is 4. The molecule has 0 spiro atoms. The van der Waals surface area contributed by atoms with Gasteiger partial charge in [0.1, 0.15) is 24.5 Å². The minimum atomic E-state index is -0.241. The lowest BCUT2D eigenvalue weighted by atomic mass is 10.1. The first-order chi connectivity index (χ1) is 15.7. The topological polar surface area (TPSA) is 82.2 Å². The number of methoxy groups -OCH3 is 1. The van der Waals surface area contributed by atoms with Gasteiger partial charge in [0.15, 0.2) is 0 Å². The third-order valence-corrected chi connectivity index (χ3v) is 5.42. The molecule has 174 valence electrons. The highest BCUT2D eigenvalue weighted by Crippen LogP contribution is 2.17. The van der Waals surface area contributed by atoms with Crippen molar-refractivity contribution in [2.24, 2.45) is 0 Å². The lowest BCUT2D eigenvalue weighted by Crippen LogP contribution is -2.38. The molecule has 8 nitrogen and oxygen atoms in total. The molecule has 1 N–H and O–H groups in total. The Labute approximate surface area is 189 Å². The summed E-state index contributed by atoms with van der Waals surface area (Å²) in [6.45, 7) is 4.28. The Kier molecular flexibility index (Phi) is 9.74. The summed E-state index contributed by atoms with van der Waals surface area (Å²) in [6, 6.07) is 11.7. The van der Waals surface area contributed by atoms with E-state index in [1.165, 1.54) is 0 Å². The molecule has 0 radical (unpaired) electrons. The summed E-state index contributed by atoms with van der Waals surface area (Å²) in [5.74, 6) is 0.852.